The lowest BCUT2D eigenvalue weighted by Gasteiger charge is -2.42. The lowest BCUT2D eigenvalue weighted by Crippen LogP contribution is -2.49. The predicted octanol–water partition coefficient (Wildman–Crippen LogP) is 2.99. The average Bonchev–Trinajstić information content (AvgIpc) is 2.23. The van der Waals surface area contributed by atoms with Crippen molar-refractivity contribution in [2.75, 3.05) is 20.1 Å². The van der Waals surface area contributed by atoms with Crippen LogP contribution in [0.2, 0.25) is 0 Å². The standard InChI is InChI=1S/C15H32N2/c1-7-16-15-9-12(4)8-13(5)14(15)10-17(6)11(2)3/h11-16H,7-10H2,1-6H3. The maximum absolute atomic E-state index is 3.71. The zero-order valence-corrected chi connectivity index (χ0v) is 12.7. The SMILES string of the molecule is CCNC1CC(C)CC(C)C1CN(C)C(C)C. The summed E-state index contributed by atoms with van der Waals surface area (Å²) in [5, 5.41) is 3.71. The fourth-order valence-corrected chi connectivity index (χ4v) is 3.26. The van der Waals surface area contributed by atoms with Gasteiger partial charge in [-0.15, -0.1) is 0 Å². The van der Waals surface area contributed by atoms with Crippen molar-refractivity contribution in [1.82, 2.24) is 10.2 Å². The van der Waals surface area contributed by atoms with Crippen molar-refractivity contribution in [2.45, 2.75) is 59.5 Å². The average molecular weight is 240 g/mol. The van der Waals surface area contributed by atoms with E-state index in [1.54, 1.807) is 0 Å². The molecule has 0 heterocycles. The Labute approximate surface area is 108 Å². The van der Waals surface area contributed by atoms with Crippen molar-refractivity contribution in [3.8, 4) is 0 Å². The van der Waals surface area contributed by atoms with Crippen LogP contribution in [0.4, 0.5) is 0 Å². The summed E-state index contributed by atoms with van der Waals surface area (Å²) in [5.74, 6) is 2.55. The summed E-state index contributed by atoms with van der Waals surface area (Å²) in [5.41, 5.74) is 0. The predicted molar refractivity (Wildman–Crippen MR) is 76.3 cm³/mol. The number of nitrogens with one attached hydrogen (secondary N) is 1. The molecule has 1 rings (SSSR count). The number of hydrogen-bond donors (Lipinski definition) is 1. The highest BCUT2D eigenvalue weighted by Gasteiger charge is 2.34. The first-order valence-corrected chi connectivity index (χ1v) is 7.39. The number of nitrogens with zero attached hydrogens (tertiary/aromatic N) is 1. The lowest BCUT2D eigenvalue weighted by molar-refractivity contribution is 0.101. The lowest BCUT2D eigenvalue weighted by atomic mass is 9.72. The molecule has 1 aliphatic carbocycles. The minimum Gasteiger partial charge on any atom is -0.314 e. The monoisotopic (exact) mass is 240 g/mol. The molecule has 4 atom stereocenters. The fraction of sp³-hybridized carbons (Fsp3) is 1.00. The third-order valence-electron chi connectivity index (χ3n) is 4.52. The van der Waals surface area contributed by atoms with Gasteiger partial charge >= 0.3 is 0 Å². The minimum absolute atomic E-state index is 0.656. The highest BCUT2D eigenvalue weighted by Crippen LogP contribution is 2.34. The van der Waals surface area contributed by atoms with Gasteiger partial charge in [-0.3, -0.25) is 0 Å². The molecule has 102 valence electrons. The van der Waals surface area contributed by atoms with Crippen LogP contribution in [0.1, 0.15) is 47.5 Å². The topological polar surface area (TPSA) is 15.3 Å². The van der Waals surface area contributed by atoms with Crippen LogP contribution in [0, 0.1) is 17.8 Å². The summed E-state index contributed by atoms with van der Waals surface area (Å²) in [6.07, 6.45) is 2.76. The molecule has 0 saturated heterocycles. The van der Waals surface area contributed by atoms with Gasteiger partial charge in [-0.2, -0.15) is 0 Å². The van der Waals surface area contributed by atoms with Crippen molar-refractivity contribution >= 4 is 0 Å². The van der Waals surface area contributed by atoms with E-state index < -0.39 is 0 Å². The molecule has 1 fully saturated rings. The quantitative estimate of drug-likeness (QED) is 0.795. The normalized spacial score (nSPS) is 34.6. The van der Waals surface area contributed by atoms with E-state index in [2.05, 4.69) is 51.9 Å². The van der Waals surface area contributed by atoms with Gasteiger partial charge in [-0.05, 0) is 58.0 Å². The zero-order valence-electron chi connectivity index (χ0n) is 12.7. The summed E-state index contributed by atoms with van der Waals surface area (Å²) in [6, 6.07) is 1.38. The highest BCUT2D eigenvalue weighted by atomic mass is 15.1. The van der Waals surface area contributed by atoms with E-state index in [1.807, 2.05) is 0 Å². The van der Waals surface area contributed by atoms with Crippen LogP contribution in [0.5, 0.6) is 0 Å². The zero-order chi connectivity index (χ0) is 13.0. The van der Waals surface area contributed by atoms with Gasteiger partial charge in [0.25, 0.3) is 0 Å². The smallest absolute Gasteiger partial charge is 0.0112 e. The Kier molecular flexibility index (Phi) is 5.94. The van der Waals surface area contributed by atoms with Crippen LogP contribution >= 0.6 is 0 Å². The van der Waals surface area contributed by atoms with Gasteiger partial charge in [-0.25, -0.2) is 0 Å². The van der Waals surface area contributed by atoms with Crippen LogP contribution in [0.15, 0.2) is 0 Å². The molecule has 0 aromatic heterocycles. The van der Waals surface area contributed by atoms with E-state index >= 15 is 0 Å². The summed E-state index contributed by atoms with van der Waals surface area (Å²) in [6.45, 7) is 14.0. The van der Waals surface area contributed by atoms with E-state index in [0.717, 1.165) is 30.3 Å². The molecular weight excluding hydrogens is 208 g/mol. The second-order valence-electron chi connectivity index (χ2n) is 6.42. The molecule has 2 nitrogen and oxygen atoms in total. The Morgan fingerprint density at radius 2 is 1.88 bits per heavy atom. The molecule has 0 amide bonds. The fourth-order valence-electron chi connectivity index (χ4n) is 3.26. The third kappa shape index (κ3) is 4.26. The minimum atomic E-state index is 0.656. The second kappa shape index (κ2) is 6.75. The van der Waals surface area contributed by atoms with Gasteiger partial charge in [0.05, 0.1) is 0 Å². The van der Waals surface area contributed by atoms with E-state index in [9.17, 15) is 0 Å². The van der Waals surface area contributed by atoms with Crippen molar-refractivity contribution in [1.29, 1.82) is 0 Å². The summed E-state index contributed by atoms with van der Waals surface area (Å²) < 4.78 is 0. The molecule has 0 radical (unpaired) electrons. The van der Waals surface area contributed by atoms with Gasteiger partial charge < -0.3 is 10.2 Å². The Morgan fingerprint density at radius 1 is 1.24 bits per heavy atom. The first kappa shape index (κ1) is 15.0. The third-order valence-corrected chi connectivity index (χ3v) is 4.52. The molecule has 0 aromatic rings. The molecular formula is C15H32N2. The van der Waals surface area contributed by atoms with E-state index in [-0.39, 0.29) is 0 Å². The molecule has 2 heteroatoms. The van der Waals surface area contributed by atoms with Crippen molar-refractivity contribution in [2.24, 2.45) is 17.8 Å². The molecule has 0 spiro atoms. The second-order valence-corrected chi connectivity index (χ2v) is 6.42. The molecule has 1 aliphatic rings. The highest BCUT2D eigenvalue weighted by molar-refractivity contribution is 4.89. The molecule has 17 heavy (non-hydrogen) atoms. The Bertz CT molecular complexity index is 215. The number of hydrogen-bond acceptors (Lipinski definition) is 2. The number of rotatable bonds is 5. The molecule has 0 aliphatic heterocycles. The summed E-state index contributed by atoms with van der Waals surface area (Å²) in [4.78, 5) is 2.50. The van der Waals surface area contributed by atoms with Crippen molar-refractivity contribution in [3.63, 3.8) is 0 Å². The van der Waals surface area contributed by atoms with E-state index in [0.29, 0.717) is 6.04 Å². The first-order valence-electron chi connectivity index (χ1n) is 7.39. The molecule has 0 bridgehead atoms. The van der Waals surface area contributed by atoms with Crippen LogP contribution in [-0.4, -0.2) is 37.1 Å². The van der Waals surface area contributed by atoms with Crippen molar-refractivity contribution in [3.05, 3.63) is 0 Å². The Morgan fingerprint density at radius 3 is 2.41 bits per heavy atom. The van der Waals surface area contributed by atoms with Crippen LogP contribution in [-0.2, 0) is 0 Å². The van der Waals surface area contributed by atoms with E-state index in [4.69, 9.17) is 0 Å². The van der Waals surface area contributed by atoms with Gasteiger partial charge in [-0.1, -0.05) is 20.8 Å². The molecule has 0 aromatic carbocycles. The van der Waals surface area contributed by atoms with Gasteiger partial charge in [0.2, 0.25) is 0 Å². The summed E-state index contributed by atoms with van der Waals surface area (Å²) in [7, 11) is 2.26. The van der Waals surface area contributed by atoms with Gasteiger partial charge in [0.1, 0.15) is 0 Å². The van der Waals surface area contributed by atoms with Crippen molar-refractivity contribution < 1.29 is 0 Å². The molecule has 4 unspecified atom stereocenters. The van der Waals surface area contributed by atoms with E-state index in [1.165, 1.54) is 19.4 Å². The Hall–Kier alpha value is -0.0800. The van der Waals surface area contributed by atoms with Crippen LogP contribution in [0.3, 0.4) is 0 Å². The van der Waals surface area contributed by atoms with Gasteiger partial charge in [0, 0.05) is 18.6 Å². The van der Waals surface area contributed by atoms with Crippen LogP contribution in [0.25, 0.3) is 0 Å². The first-order chi connectivity index (χ1) is 7.95. The molecule has 1 saturated carbocycles. The molecule has 1 N–H and O–H groups in total. The maximum atomic E-state index is 3.71. The largest absolute Gasteiger partial charge is 0.314 e. The maximum Gasteiger partial charge on any atom is 0.0112 e. The summed E-state index contributed by atoms with van der Waals surface area (Å²) >= 11 is 0. The van der Waals surface area contributed by atoms with Crippen LogP contribution < -0.4 is 5.32 Å². The Balaban J connectivity index is 2.63. The van der Waals surface area contributed by atoms with Gasteiger partial charge in [0.15, 0.2) is 0 Å².